The van der Waals surface area contributed by atoms with Crippen LogP contribution >= 0.6 is 15.9 Å². The van der Waals surface area contributed by atoms with Crippen molar-refractivity contribution in [2.24, 2.45) is 0 Å². The minimum atomic E-state index is -1.15. The first kappa shape index (κ1) is 14.3. The Balaban J connectivity index is 2.84. The van der Waals surface area contributed by atoms with Crippen molar-refractivity contribution >= 4 is 27.9 Å². The van der Waals surface area contributed by atoms with E-state index in [2.05, 4.69) is 15.9 Å². The Labute approximate surface area is 123 Å². The van der Waals surface area contributed by atoms with E-state index in [0.717, 1.165) is 4.47 Å². The number of hydrogen-bond donors (Lipinski definition) is 2. The summed E-state index contributed by atoms with van der Waals surface area (Å²) in [7, 11) is 0. The molecule has 0 heterocycles. The molecule has 0 aliphatic rings. The van der Waals surface area contributed by atoms with E-state index in [1.165, 1.54) is 12.1 Å². The SMILES string of the molecule is Cc1cc(C(=O)O)c(-c2cccc(Br)c2)c(C(=O)O)c1. The molecule has 2 N–H and O–H groups in total. The Morgan fingerprint density at radius 2 is 1.55 bits per heavy atom. The van der Waals surface area contributed by atoms with Crippen LogP contribution in [0.3, 0.4) is 0 Å². The Kier molecular flexibility index (Phi) is 3.90. The van der Waals surface area contributed by atoms with E-state index in [9.17, 15) is 19.8 Å². The fourth-order valence-corrected chi connectivity index (χ4v) is 2.48. The van der Waals surface area contributed by atoms with Gasteiger partial charge in [-0.3, -0.25) is 0 Å². The number of carbonyl (C=O) groups is 2. The molecule has 0 radical (unpaired) electrons. The van der Waals surface area contributed by atoms with E-state index in [1.807, 2.05) is 0 Å². The van der Waals surface area contributed by atoms with Crippen molar-refractivity contribution in [3.8, 4) is 11.1 Å². The predicted octanol–water partition coefficient (Wildman–Crippen LogP) is 3.82. The molecule has 0 atom stereocenters. The quantitative estimate of drug-likeness (QED) is 0.894. The molecule has 0 aromatic heterocycles. The van der Waals surface area contributed by atoms with E-state index >= 15 is 0 Å². The largest absolute Gasteiger partial charge is 0.478 e. The zero-order chi connectivity index (χ0) is 14.9. The highest BCUT2D eigenvalue weighted by atomic mass is 79.9. The van der Waals surface area contributed by atoms with Gasteiger partial charge < -0.3 is 10.2 Å². The van der Waals surface area contributed by atoms with E-state index in [0.29, 0.717) is 11.1 Å². The molecule has 0 spiro atoms. The van der Waals surface area contributed by atoms with Gasteiger partial charge in [0.05, 0.1) is 11.1 Å². The van der Waals surface area contributed by atoms with Crippen LogP contribution < -0.4 is 0 Å². The lowest BCUT2D eigenvalue weighted by Gasteiger charge is -2.12. The number of aromatic carboxylic acids is 2. The van der Waals surface area contributed by atoms with E-state index < -0.39 is 11.9 Å². The van der Waals surface area contributed by atoms with Gasteiger partial charge in [-0.1, -0.05) is 28.1 Å². The number of benzene rings is 2. The highest BCUT2D eigenvalue weighted by molar-refractivity contribution is 9.10. The van der Waals surface area contributed by atoms with Gasteiger partial charge in [0, 0.05) is 10.0 Å². The first-order chi connectivity index (χ1) is 9.40. The van der Waals surface area contributed by atoms with Crippen molar-refractivity contribution in [2.75, 3.05) is 0 Å². The Morgan fingerprint density at radius 3 is 2.00 bits per heavy atom. The smallest absolute Gasteiger partial charge is 0.336 e. The predicted molar refractivity (Wildman–Crippen MR) is 78.2 cm³/mol. The van der Waals surface area contributed by atoms with Crippen LogP contribution in [0, 0.1) is 6.92 Å². The van der Waals surface area contributed by atoms with E-state index in [-0.39, 0.29) is 16.7 Å². The van der Waals surface area contributed by atoms with Gasteiger partial charge >= 0.3 is 11.9 Å². The van der Waals surface area contributed by atoms with Gasteiger partial charge in [-0.15, -0.1) is 0 Å². The number of rotatable bonds is 3. The minimum Gasteiger partial charge on any atom is -0.478 e. The fraction of sp³-hybridized carbons (Fsp3) is 0.0667. The first-order valence-corrected chi connectivity index (χ1v) is 6.56. The van der Waals surface area contributed by atoms with E-state index in [1.54, 1.807) is 31.2 Å². The lowest BCUT2D eigenvalue weighted by Crippen LogP contribution is -2.08. The van der Waals surface area contributed by atoms with Crippen molar-refractivity contribution in [3.05, 3.63) is 57.6 Å². The number of halogens is 1. The molecule has 5 heteroatoms. The van der Waals surface area contributed by atoms with Crippen LogP contribution in [0.25, 0.3) is 11.1 Å². The summed E-state index contributed by atoms with van der Waals surface area (Å²) in [4.78, 5) is 22.8. The van der Waals surface area contributed by atoms with Gasteiger partial charge in [0.2, 0.25) is 0 Å². The lowest BCUT2D eigenvalue weighted by atomic mass is 9.92. The molecular formula is C15H11BrO4. The molecule has 4 nitrogen and oxygen atoms in total. The number of hydrogen-bond acceptors (Lipinski definition) is 2. The van der Waals surface area contributed by atoms with Crippen LogP contribution in [0.4, 0.5) is 0 Å². The van der Waals surface area contributed by atoms with Crippen LogP contribution in [0.15, 0.2) is 40.9 Å². The second kappa shape index (κ2) is 5.46. The highest BCUT2D eigenvalue weighted by Gasteiger charge is 2.20. The van der Waals surface area contributed by atoms with Gasteiger partial charge in [-0.2, -0.15) is 0 Å². The van der Waals surface area contributed by atoms with Gasteiger partial charge in [0.25, 0.3) is 0 Å². The molecule has 0 amide bonds. The fourth-order valence-electron chi connectivity index (χ4n) is 2.08. The third-order valence-corrected chi connectivity index (χ3v) is 3.35. The van der Waals surface area contributed by atoms with Crippen molar-refractivity contribution < 1.29 is 19.8 Å². The summed E-state index contributed by atoms with van der Waals surface area (Å²) >= 11 is 3.30. The average molecular weight is 335 g/mol. The molecule has 2 aromatic rings. The average Bonchev–Trinajstić information content (AvgIpc) is 2.37. The van der Waals surface area contributed by atoms with Crippen molar-refractivity contribution in [3.63, 3.8) is 0 Å². The number of carboxylic acid groups (broad SMARTS) is 2. The third kappa shape index (κ3) is 2.72. The maximum absolute atomic E-state index is 11.4. The van der Waals surface area contributed by atoms with Gasteiger partial charge in [-0.25, -0.2) is 9.59 Å². The normalized spacial score (nSPS) is 10.3. The molecule has 20 heavy (non-hydrogen) atoms. The van der Waals surface area contributed by atoms with Crippen molar-refractivity contribution in [1.82, 2.24) is 0 Å². The summed E-state index contributed by atoms with van der Waals surface area (Å²) in [5.41, 5.74) is 1.34. The van der Waals surface area contributed by atoms with Crippen LogP contribution in [0.5, 0.6) is 0 Å². The second-order valence-electron chi connectivity index (χ2n) is 4.36. The number of carboxylic acids is 2. The first-order valence-electron chi connectivity index (χ1n) is 5.77. The molecule has 0 bridgehead atoms. The maximum Gasteiger partial charge on any atom is 0.336 e. The van der Waals surface area contributed by atoms with Crippen LogP contribution in [0.2, 0.25) is 0 Å². The Morgan fingerprint density at radius 1 is 1.00 bits per heavy atom. The molecule has 0 aliphatic carbocycles. The van der Waals surface area contributed by atoms with Gasteiger partial charge in [0.1, 0.15) is 0 Å². The zero-order valence-electron chi connectivity index (χ0n) is 10.6. The van der Waals surface area contributed by atoms with Crippen LogP contribution in [0.1, 0.15) is 26.3 Å². The molecular weight excluding hydrogens is 324 g/mol. The van der Waals surface area contributed by atoms with E-state index in [4.69, 9.17) is 0 Å². The summed E-state index contributed by atoms with van der Waals surface area (Å²) in [6.45, 7) is 1.67. The monoisotopic (exact) mass is 334 g/mol. The second-order valence-corrected chi connectivity index (χ2v) is 5.27. The summed E-state index contributed by atoms with van der Waals surface area (Å²) in [5, 5.41) is 18.6. The van der Waals surface area contributed by atoms with Gasteiger partial charge in [0.15, 0.2) is 0 Å². The highest BCUT2D eigenvalue weighted by Crippen LogP contribution is 2.31. The van der Waals surface area contributed by atoms with Crippen molar-refractivity contribution in [1.29, 1.82) is 0 Å². The van der Waals surface area contributed by atoms with Crippen molar-refractivity contribution in [2.45, 2.75) is 6.92 Å². The number of aryl methyl sites for hydroxylation is 1. The summed E-state index contributed by atoms with van der Waals surface area (Å²) in [5.74, 6) is -2.29. The standard InChI is InChI=1S/C15H11BrO4/c1-8-5-11(14(17)18)13(12(6-8)15(19)20)9-3-2-4-10(16)7-9/h2-7H,1H3,(H,17,18)(H,19,20). The molecule has 2 rings (SSSR count). The molecule has 0 fully saturated rings. The molecule has 0 unspecified atom stereocenters. The topological polar surface area (TPSA) is 74.6 Å². The Bertz CT molecular complexity index is 672. The molecule has 2 aromatic carbocycles. The third-order valence-electron chi connectivity index (χ3n) is 2.86. The molecule has 0 aliphatic heterocycles. The zero-order valence-corrected chi connectivity index (χ0v) is 12.1. The summed E-state index contributed by atoms with van der Waals surface area (Å²) < 4.78 is 0.753. The van der Waals surface area contributed by atoms with Crippen LogP contribution in [-0.2, 0) is 0 Å². The molecule has 0 saturated heterocycles. The maximum atomic E-state index is 11.4. The molecule has 0 saturated carbocycles. The minimum absolute atomic E-state index is 0.0134. The lowest BCUT2D eigenvalue weighted by molar-refractivity contribution is 0.0696. The van der Waals surface area contributed by atoms with Crippen LogP contribution in [-0.4, -0.2) is 22.2 Å². The summed E-state index contributed by atoms with van der Waals surface area (Å²) in [6.07, 6.45) is 0. The van der Waals surface area contributed by atoms with Gasteiger partial charge in [-0.05, 0) is 42.3 Å². The Hall–Kier alpha value is -2.14. The summed E-state index contributed by atoms with van der Waals surface area (Å²) in [6, 6.07) is 9.86. The molecule has 102 valence electrons.